The number of nitriles is 2. The normalized spacial score (nSPS) is 15.8. The number of fused-ring (bicyclic) bond motifs is 2. The van der Waals surface area contributed by atoms with E-state index in [0.717, 1.165) is 69.6 Å². The predicted molar refractivity (Wildman–Crippen MR) is 472 cm³/mol. The molecule has 6 fully saturated rings. The summed E-state index contributed by atoms with van der Waals surface area (Å²) >= 11 is 0. The summed E-state index contributed by atoms with van der Waals surface area (Å²) in [4.78, 5) is 167. The molecule has 6 aliphatic rings. The molecule has 4 N–H and O–H groups in total. The second kappa shape index (κ2) is 43.3. The maximum absolute atomic E-state index is 15.2. The molecule has 704 valence electrons. The summed E-state index contributed by atoms with van der Waals surface area (Å²) in [6.45, 7) is 22.6. The fourth-order valence-electron chi connectivity index (χ4n) is 14.0. The Morgan fingerprint density at radius 2 is 0.864 bits per heavy atom. The molecule has 4 aromatic carbocycles. The van der Waals surface area contributed by atoms with E-state index in [0.29, 0.717) is 58.7 Å². The number of amides is 8. The highest BCUT2D eigenvalue weighted by atomic mass is 32.2. The molecule has 1 unspecified atom stereocenters. The van der Waals surface area contributed by atoms with E-state index in [2.05, 4.69) is 30.6 Å². The van der Waals surface area contributed by atoms with Gasteiger partial charge in [-0.25, -0.2) is 56.1 Å². The highest BCUT2D eigenvalue weighted by molar-refractivity contribution is 7.84. The van der Waals surface area contributed by atoms with Crippen molar-refractivity contribution < 1.29 is 93.3 Å². The van der Waals surface area contributed by atoms with Crippen LogP contribution in [0.25, 0.3) is 22.1 Å². The van der Waals surface area contributed by atoms with E-state index in [4.69, 9.17) is 29.9 Å². The van der Waals surface area contributed by atoms with Gasteiger partial charge in [-0.2, -0.15) is 15.5 Å². The van der Waals surface area contributed by atoms with Gasteiger partial charge in [0, 0.05) is 117 Å². The number of nitrogens with two attached hydrogens (primary N) is 1. The molecule has 132 heavy (non-hydrogen) atoms. The van der Waals surface area contributed by atoms with Gasteiger partial charge in [-0.1, -0.05) is 25.7 Å². The van der Waals surface area contributed by atoms with Crippen LogP contribution in [0.1, 0.15) is 158 Å². The van der Waals surface area contributed by atoms with E-state index < -0.39 is 120 Å². The van der Waals surface area contributed by atoms with Crippen molar-refractivity contribution in [2.45, 2.75) is 174 Å². The zero-order chi connectivity index (χ0) is 97.3. The Kier molecular flexibility index (Phi) is 33.3. The van der Waals surface area contributed by atoms with Crippen LogP contribution in [0.4, 0.5) is 86.9 Å². The molecular formula is C87H101F5N20O19S. The van der Waals surface area contributed by atoms with Crippen molar-refractivity contribution in [2.24, 2.45) is 0 Å². The fourth-order valence-corrected chi connectivity index (χ4v) is 14.5. The van der Waals surface area contributed by atoms with Crippen LogP contribution in [0.3, 0.4) is 0 Å². The Balaban J connectivity index is 0.000000187. The minimum atomic E-state index is -1.31. The number of aromatic nitrogens is 6. The Morgan fingerprint density at radius 3 is 1.23 bits per heavy atom. The summed E-state index contributed by atoms with van der Waals surface area (Å²) in [6.07, 6.45) is 9.98. The molecular weight excluding hydrogens is 1760 g/mol. The minimum absolute atomic E-state index is 0.0443. The molecule has 39 nitrogen and oxygen atoms in total. The molecule has 0 radical (unpaired) electrons. The molecule has 2 saturated carbocycles. The molecule has 8 heterocycles. The van der Waals surface area contributed by atoms with Gasteiger partial charge in [0.1, 0.15) is 94.8 Å². The van der Waals surface area contributed by atoms with E-state index in [1.807, 2.05) is 12.1 Å². The number of ether oxygens (including phenoxy) is 4. The minimum Gasteiger partial charge on any atom is -0.444 e. The number of carbonyl (C=O) groups is 8. The third-order valence-corrected chi connectivity index (χ3v) is 20.7. The number of hydrogen-bond acceptors (Lipinski definition) is 27. The van der Waals surface area contributed by atoms with Crippen molar-refractivity contribution in [1.82, 2.24) is 54.0 Å². The Labute approximate surface area is 756 Å². The molecule has 45 heteroatoms. The highest BCUT2D eigenvalue weighted by Gasteiger charge is 2.37. The number of nitro benzene ring substituents is 2. The number of non-ortho nitro benzene ring substituents is 2. The van der Waals surface area contributed by atoms with Gasteiger partial charge in [-0.05, 0) is 169 Å². The average Bonchev–Trinajstić information content (AvgIpc) is 0.863. The molecule has 0 spiro atoms. The number of piperazine rings is 4. The number of carbonyl (C=O) groups excluding carboxylic acids is 8. The lowest BCUT2D eigenvalue weighted by molar-refractivity contribution is -0.385. The lowest BCUT2D eigenvalue weighted by Gasteiger charge is -2.35. The van der Waals surface area contributed by atoms with Gasteiger partial charge in [0.2, 0.25) is 34.7 Å². The highest BCUT2D eigenvalue weighted by Crippen LogP contribution is 2.35. The predicted octanol–water partition coefficient (Wildman–Crippen LogP) is 12.3. The van der Waals surface area contributed by atoms with Gasteiger partial charge in [-0.15, -0.1) is 0 Å². The first-order valence-corrected chi connectivity index (χ1v) is 43.2. The first-order chi connectivity index (χ1) is 61.9. The molecule has 4 aromatic heterocycles. The summed E-state index contributed by atoms with van der Waals surface area (Å²) in [5, 5.41) is 46.2. The van der Waals surface area contributed by atoms with Crippen LogP contribution in [0, 0.1) is 72.0 Å². The monoisotopic (exact) mass is 1860 g/mol. The number of rotatable bonds is 10. The van der Waals surface area contributed by atoms with Crippen LogP contribution in [0.5, 0.6) is 0 Å². The van der Waals surface area contributed by atoms with Gasteiger partial charge in [0.15, 0.2) is 17.5 Å². The summed E-state index contributed by atoms with van der Waals surface area (Å²) in [5.41, 5.74) is 3.36. The molecule has 1 atom stereocenters. The van der Waals surface area contributed by atoms with Gasteiger partial charge in [0.05, 0.1) is 49.8 Å². The van der Waals surface area contributed by atoms with Crippen LogP contribution in [-0.2, 0) is 48.9 Å². The molecule has 2 aliphatic carbocycles. The van der Waals surface area contributed by atoms with E-state index >= 15 is 4.39 Å². The van der Waals surface area contributed by atoms with Crippen LogP contribution >= 0.6 is 0 Å². The number of hydrogen-bond donors (Lipinski definition) is 3. The number of nitrogens with one attached hydrogen (secondary N) is 2. The largest absolute Gasteiger partial charge is 0.444 e. The van der Waals surface area contributed by atoms with Crippen LogP contribution in [0.2, 0.25) is 0 Å². The molecule has 4 aliphatic heterocycles. The Hall–Kier alpha value is -14.4. The zero-order valence-electron chi connectivity index (χ0n) is 74.8. The number of halogens is 5. The second-order valence-electron chi connectivity index (χ2n) is 34.8. The number of nitro groups is 2. The van der Waals surface area contributed by atoms with Crippen molar-refractivity contribution in [3.8, 4) is 12.1 Å². The number of nitrogens with zero attached hydrogens (tertiary/aromatic N) is 17. The smallest absolute Gasteiger partial charge is 0.410 e. The molecule has 4 saturated heterocycles. The molecule has 0 bridgehead atoms. The van der Waals surface area contributed by atoms with Gasteiger partial charge in [0.25, 0.3) is 22.5 Å². The first kappa shape index (κ1) is 101. The average molecular weight is 1860 g/mol. The fraction of sp³-hybridized carbons (Fsp3) is 0.448. The standard InChI is InChI=1S/C28H30FN7O4.C15H18FN3O5.C15H20FN3O3.C14H14N4O2S.C9H16N2O3.C6H3F2NO2/c1-28(2,3)40-27(39)34-10-11-35(23(37)16-34)22-9-8-19(13-21(22)29)32-26-31-15-18-12-17(14-30)25(38)36(24(18)33-26)20-6-4-5-7-20;1-15(2,3)24-14(21)17-6-7-18(13(20)9-17)12-5-4-10(19(22)23)8-11(12)16;1-15(2,3)22-14(21)18-6-7-19(13(20)9-18)12-5-4-10(17)8-11(12)16;1-21(20)14-16-8-10-6-9(7-15)13(19)18(12(10)17-14)11-4-2-3-5-11;1-9(2,3)14-8(13)11-5-4-10-7(12)6-11;7-5-2-1-4(9(10)11)3-6(5)8/h8-9,12-13,15,20H,4-7,10-11,16H2,1-3H3,(H,31,32,33);4-5,8H,6-7,9H2,1-3H3;4-5,8H,6-7,9,17H2,1-3H3;6,8,11H,2-5H2,1H3;4-6H2,1-3H3,(H,10,12);1-3H. The molecule has 14 rings (SSSR count). The topological polar surface area (TPSA) is 493 Å². The first-order valence-electron chi connectivity index (χ1n) is 41.6. The van der Waals surface area contributed by atoms with Crippen LogP contribution < -0.4 is 42.2 Å². The second-order valence-corrected chi connectivity index (χ2v) is 36.0. The lowest BCUT2D eigenvalue weighted by Crippen LogP contribution is -2.53. The van der Waals surface area contributed by atoms with Crippen molar-refractivity contribution in [1.29, 1.82) is 10.5 Å². The number of nitrogen functional groups attached to an aromatic ring is 1. The maximum Gasteiger partial charge on any atom is 0.410 e. The van der Waals surface area contributed by atoms with Gasteiger partial charge in [-0.3, -0.25) is 81.9 Å². The third kappa shape index (κ3) is 27.6. The Morgan fingerprint density at radius 1 is 0.492 bits per heavy atom. The Bertz CT molecular complexity index is 5970. The summed E-state index contributed by atoms with van der Waals surface area (Å²) in [5.74, 6) is -5.58. The summed E-state index contributed by atoms with van der Waals surface area (Å²) < 4.78 is 103. The number of anilines is 6. The lowest BCUT2D eigenvalue weighted by atomic mass is 10.2. The third-order valence-electron chi connectivity index (χ3n) is 20.0. The SMILES string of the molecule is CC(C)(C)OC(=O)N1CCN(c2ccc(N)cc2F)C(=O)C1.CC(C)(C)OC(=O)N1CCN(c2ccc(Nc3ncc4cc(C#N)c(=O)n(C5CCCC5)c4n3)cc2F)C(=O)C1.CC(C)(C)OC(=O)N1CCN(c2ccc([N+](=O)[O-])cc2F)C(=O)C1.CC(C)(C)OC(=O)N1CCNC(=O)C1.CS(=O)c1ncc2cc(C#N)c(=O)n(C3CCCC3)c2n1.O=[N+]([O-])c1ccc(F)c(F)c1. The van der Waals surface area contributed by atoms with Gasteiger partial charge < -0.3 is 50.0 Å². The van der Waals surface area contributed by atoms with E-state index in [-0.39, 0.29) is 140 Å². The van der Waals surface area contributed by atoms with Crippen molar-refractivity contribution in [3.05, 3.63) is 178 Å². The van der Waals surface area contributed by atoms with E-state index in [9.17, 15) is 95.2 Å². The molecule has 8 amide bonds. The summed E-state index contributed by atoms with van der Waals surface area (Å²) in [7, 11) is -1.31. The maximum atomic E-state index is 15.2. The molecule has 8 aromatic rings. The number of pyridine rings is 2. The van der Waals surface area contributed by atoms with Crippen molar-refractivity contribution in [3.63, 3.8) is 0 Å². The van der Waals surface area contributed by atoms with Crippen LogP contribution in [-0.4, -0.2) is 218 Å². The summed E-state index contributed by atoms with van der Waals surface area (Å²) in [6, 6.07) is 20.6. The zero-order valence-corrected chi connectivity index (χ0v) is 75.6. The van der Waals surface area contributed by atoms with Gasteiger partial charge >= 0.3 is 24.4 Å². The van der Waals surface area contributed by atoms with E-state index in [1.165, 1.54) is 101 Å². The quantitative estimate of drug-likeness (QED) is 0.0286. The van der Waals surface area contributed by atoms with Crippen molar-refractivity contribution >= 4 is 127 Å². The van der Waals surface area contributed by atoms with Crippen LogP contribution in [0.15, 0.2) is 112 Å². The van der Waals surface area contributed by atoms with Crippen molar-refractivity contribution in [2.75, 3.05) is 111 Å². The van der Waals surface area contributed by atoms with E-state index in [1.54, 1.807) is 98.3 Å². The number of benzene rings is 4.